The highest BCUT2D eigenvalue weighted by molar-refractivity contribution is 8.00. The zero-order valence-corrected chi connectivity index (χ0v) is 10.6. The van der Waals surface area contributed by atoms with Crippen LogP contribution in [0.15, 0.2) is 30.3 Å². The van der Waals surface area contributed by atoms with Crippen LogP contribution in [0.2, 0.25) is 0 Å². The number of aliphatic hydroxyl groups is 1. The number of aliphatic hydroxyl groups excluding tert-OH is 1. The smallest absolute Gasteiger partial charge is 0.0784 e. The summed E-state index contributed by atoms with van der Waals surface area (Å²) in [5.74, 6) is 0.696. The van der Waals surface area contributed by atoms with Gasteiger partial charge in [-0.15, -0.1) is 0 Å². The molecule has 94 valence electrons. The molecule has 2 atom stereocenters. The molecule has 1 saturated heterocycles. The molecule has 1 aromatic rings. The van der Waals surface area contributed by atoms with Crippen LogP contribution >= 0.6 is 11.8 Å². The van der Waals surface area contributed by atoms with Gasteiger partial charge in [0.1, 0.15) is 0 Å². The molecule has 3 nitrogen and oxygen atoms in total. The zero-order chi connectivity index (χ0) is 12.1. The van der Waals surface area contributed by atoms with Gasteiger partial charge in [0, 0.05) is 11.8 Å². The lowest BCUT2D eigenvalue weighted by Crippen LogP contribution is -2.40. The normalized spacial score (nSPS) is 19.6. The Hall–Kier alpha value is -0.550. The maximum atomic E-state index is 9.96. The number of benzene rings is 1. The third-order valence-electron chi connectivity index (χ3n) is 2.92. The minimum atomic E-state index is -0.444. The standard InChI is InChI=1S/C13H19NO2S/c14-12(6-10-4-2-1-3-5-10)13(15)9-17-11-7-16-8-11/h1-5,11-13,15H,6-9,14H2. The van der Waals surface area contributed by atoms with Crippen molar-refractivity contribution in [2.45, 2.75) is 23.8 Å². The quantitative estimate of drug-likeness (QED) is 0.795. The lowest BCUT2D eigenvalue weighted by molar-refractivity contribution is 0.0451. The van der Waals surface area contributed by atoms with Crippen molar-refractivity contribution < 1.29 is 9.84 Å². The van der Waals surface area contributed by atoms with Crippen LogP contribution in [-0.2, 0) is 11.2 Å². The average molecular weight is 253 g/mol. The Labute approximate surface area is 106 Å². The summed E-state index contributed by atoms with van der Waals surface area (Å²) in [6, 6.07) is 9.87. The van der Waals surface area contributed by atoms with Crippen molar-refractivity contribution in [3.8, 4) is 0 Å². The first-order valence-electron chi connectivity index (χ1n) is 5.92. The second-order valence-corrected chi connectivity index (χ2v) is 5.75. The van der Waals surface area contributed by atoms with Crippen LogP contribution in [0.3, 0.4) is 0 Å². The summed E-state index contributed by atoms with van der Waals surface area (Å²) in [6.45, 7) is 1.62. The van der Waals surface area contributed by atoms with Crippen molar-refractivity contribution in [2.24, 2.45) is 5.73 Å². The number of thioether (sulfide) groups is 1. The molecule has 4 heteroatoms. The number of rotatable bonds is 6. The second kappa shape index (κ2) is 6.40. The van der Waals surface area contributed by atoms with Crippen molar-refractivity contribution in [3.63, 3.8) is 0 Å². The molecular formula is C13H19NO2S. The van der Waals surface area contributed by atoms with Crippen molar-refractivity contribution in [2.75, 3.05) is 19.0 Å². The van der Waals surface area contributed by atoms with Crippen molar-refractivity contribution in [1.29, 1.82) is 0 Å². The first-order chi connectivity index (χ1) is 8.25. The van der Waals surface area contributed by atoms with Crippen LogP contribution < -0.4 is 5.73 Å². The van der Waals surface area contributed by atoms with E-state index < -0.39 is 6.10 Å². The monoisotopic (exact) mass is 253 g/mol. The van der Waals surface area contributed by atoms with E-state index in [9.17, 15) is 5.11 Å². The van der Waals surface area contributed by atoms with E-state index in [0.717, 1.165) is 19.6 Å². The molecule has 0 saturated carbocycles. The van der Waals surface area contributed by atoms with Crippen LogP contribution in [0.4, 0.5) is 0 Å². The predicted molar refractivity (Wildman–Crippen MR) is 71.2 cm³/mol. The summed E-state index contributed by atoms with van der Waals surface area (Å²) < 4.78 is 5.09. The molecule has 1 aliphatic rings. The average Bonchev–Trinajstić information content (AvgIpc) is 2.28. The van der Waals surface area contributed by atoms with Gasteiger partial charge >= 0.3 is 0 Å². The minimum absolute atomic E-state index is 0.189. The van der Waals surface area contributed by atoms with E-state index in [2.05, 4.69) is 0 Å². The van der Waals surface area contributed by atoms with Crippen molar-refractivity contribution >= 4 is 11.8 Å². The predicted octanol–water partition coefficient (Wildman–Crippen LogP) is 1.05. The summed E-state index contributed by atoms with van der Waals surface area (Å²) in [5, 5.41) is 10.5. The van der Waals surface area contributed by atoms with E-state index in [1.54, 1.807) is 11.8 Å². The van der Waals surface area contributed by atoms with Gasteiger partial charge in [0.2, 0.25) is 0 Å². The van der Waals surface area contributed by atoms with Gasteiger partial charge in [0.05, 0.1) is 24.6 Å². The van der Waals surface area contributed by atoms with Crippen molar-refractivity contribution in [1.82, 2.24) is 0 Å². The summed E-state index contributed by atoms with van der Waals surface area (Å²) in [4.78, 5) is 0. The number of nitrogens with two attached hydrogens (primary N) is 1. The largest absolute Gasteiger partial charge is 0.391 e. The molecule has 1 aromatic carbocycles. The fourth-order valence-electron chi connectivity index (χ4n) is 1.69. The van der Waals surface area contributed by atoms with Crippen LogP contribution in [0, 0.1) is 0 Å². The Kier molecular flexibility index (Phi) is 4.86. The second-order valence-electron chi connectivity index (χ2n) is 4.41. The molecule has 1 aliphatic heterocycles. The molecule has 0 radical (unpaired) electrons. The Morgan fingerprint density at radius 3 is 2.65 bits per heavy atom. The topological polar surface area (TPSA) is 55.5 Å². The van der Waals surface area contributed by atoms with E-state index in [-0.39, 0.29) is 6.04 Å². The van der Waals surface area contributed by atoms with Gasteiger partial charge in [-0.2, -0.15) is 11.8 Å². The Balaban J connectivity index is 1.72. The number of ether oxygens (including phenoxy) is 1. The van der Waals surface area contributed by atoms with E-state index in [1.165, 1.54) is 5.56 Å². The Morgan fingerprint density at radius 2 is 2.06 bits per heavy atom. The maximum Gasteiger partial charge on any atom is 0.0784 e. The van der Waals surface area contributed by atoms with Crippen LogP contribution in [0.25, 0.3) is 0 Å². The lowest BCUT2D eigenvalue weighted by atomic mass is 10.0. The molecule has 0 aliphatic carbocycles. The summed E-state index contributed by atoms with van der Waals surface area (Å²) in [7, 11) is 0. The highest BCUT2D eigenvalue weighted by atomic mass is 32.2. The molecular weight excluding hydrogens is 234 g/mol. The summed E-state index contributed by atoms with van der Waals surface area (Å²) in [5.41, 5.74) is 7.18. The molecule has 2 rings (SSSR count). The minimum Gasteiger partial charge on any atom is -0.391 e. The summed E-state index contributed by atoms with van der Waals surface area (Å²) in [6.07, 6.45) is 0.282. The number of hydrogen-bond acceptors (Lipinski definition) is 4. The summed E-state index contributed by atoms with van der Waals surface area (Å²) >= 11 is 1.76. The molecule has 0 amide bonds. The first kappa shape index (κ1) is 12.9. The van der Waals surface area contributed by atoms with E-state index in [4.69, 9.17) is 10.5 Å². The van der Waals surface area contributed by atoms with Gasteiger partial charge < -0.3 is 15.6 Å². The molecule has 0 bridgehead atoms. The van der Waals surface area contributed by atoms with Gasteiger partial charge in [-0.25, -0.2) is 0 Å². The van der Waals surface area contributed by atoms with Gasteiger partial charge in [0.15, 0.2) is 0 Å². The fourth-order valence-corrected chi connectivity index (χ4v) is 2.79. The third-order valence-corrected chi connectivity index (χ3v) is 4.20. The van der Waals surface area contributed by atoms with E-state index in [0.29, 0.717) is 11.0 Å². The van der Waals surface area contributed by atoms with Gasteiger partial charge in [-0.3, -0.25) is 0 Å². The fraction of sp³-hybridized carbons (Fsp3) is 0.538. The van der Waals surface area contributed by atoms with Crippen LogP contribution in [0.5, 0.6) is 0 Å². The lowest BCUT2D eigenvalue weighted by Gasteiger charge is -2.27. The molecule has 3 N–H and O–H groups in total. The number of hydrogen-bond donors (Lipinski definition) is 2. The van der Waals surface area contributed by atoms with Gasteiger partial charge in [-0.1, -0.05) is 30.3 Å². The highest BCUT2D eigenvalue weighted by Crippen LogP contribution is 2.20. The third kappa shape index (κ3) is 4.00. The highest BCUT2D eigenvalue weighted by Gasteiger charge is 2.22. The molecule has 2 unspecified atom stereocenters. The molecule has 1 fully saturated rings. The van der Waals surface area contributed by atoms with Gasteiger partial charge in [-0.05, 0) is 12.0 Å². The molecule has 1 heterocycles. The Bertz CT molecular complexity index is 329. The van der Waals surface area contributed by atoms with E-state index in [1.807, 2.05) is 30.3 Å². The maximum absolute atomic E-state index is 9.96. The molecule has 0 spiro atoms. The van der Waals surface area contributed by atoms with Crippen LogP contribution in [-0.4, -0.2) is 41.5 Å². The van der Waals surface area contributed by atoms with Crippen LogP contribution in [0.1, 0.15) is 5.56 Å². The van der Waals surface area contributed by atoms with Crippen molar-refractivity contribution in [3.05, 3.63) is 35.9 Å². The molecule has 17 heavy (non-hydrogen) atoms. The van der Waals surface area contributed by atoms with E-state index >= 15 is 0 Å². The zero-order valence-electron chi connectivity index (χ0n) is 9.79. The Morgan fingerprint density at radius 1 is 1.35 bits per heavy atom. The molecule has 0 aromatic heterocycles. The SMILES string of the molecule is NC(Cc1ccccc1)C(O)CSC1COC1. The first-order valence-corrected chi connectivity index (χ1v) is 6.97. The van der Waals surface area contributed by atoms with Gasteiger partial charge in [0.25, 0.3) is 0 Å².